The number of nitrogens with one attached hydrogen (secondary N) is 1. The lowest BCUT2D eigenvalue weighted by atomic mass is 10.1. The van der Waals surface area contributed by atoms with Crippen molar-refractivity contribution in [3.05, 3.63) is 82.6 Å². The molecule has 29 heavy (non-hydrogen) atoms. The molecule has 0 aliphatic carbocycles. The van der Waals surface area contributed by atoms with Gasteiger partial charge < -0.3 is 4.74 Å². The highest BCUT2D eigenvalue weighted by atomic mass is 35.5. The maximum Gasteiger partial charge on any atom is 0.271 e. The first kappa shape index (κ1) is 20.8. The van der Waals surface area contributed by atoms with Crippen LogP contribution in [0.4, 0.5) is 0 Å². The van der Waals surface area contributed by atoms with E-state index < -0.39 is 0 Å². The fourth-order valence-electron chi connectivity index (χ4n) is 2.48. The topological polar surface area (TPSA) is 76.5 Å². The standard InChI is InChI=1S/C21H19ClN4O2S/c1-14(25-26-20(27)15-4-7-18(22)8-5-15)16-6-9-19(28-2)17(12-16)13-29-21-23-10-3-11-24-21/h3-12H,13H2,1-2H3,(H,26,27). The number of hydrogen-bond donors (Lipinski definition) is 1. The van der Waals surface area contributed by atoms with Gasteiger partial charge in [-0.25, -0.2) is 15.4 Å². The number of methoxy groups -OCH3 is 1. The number of aromatic nitrogens is 2. The van der Waals surface area contributed by atoms with Crippen molar-refractivity contribution in [2.24, 2.45) is 5.10 Å². The van der Waals surface area contributed by atoms with Crippen LogP contribution in [0.2, 0.25) is 5.02 Å². The molecule has 0 bridgehead atoms. The average Bonchev–Trinajstić information content (AvgIpc) is 2.76. The van der Waals surface area contributed by atoms with Crippen molar-refractivity contribution in [1.29, 1.82) is 0 Å². The number of ether oxygens (including phenoxy) is 1. The Morgan fingerprint density at radius 2 is 1.83 bits per heavy atom. The quantitative estimate of drug-likeness (QED) is 0.259. The lowest BCUT2D eigenvalue weighted by Gasteiger charge is -2.10. The van der Waals surface area contributed by atoms with Gasteiger partial charge in [0, 0.05) is 34.3 Å². The molecule has 1 amide bonds. The number of benzene rings is 2. The molecule has 148 valence electrons. The van der Waals surface area contributed by atoms with Crippen molar-refractivity contribution in [3.63, 3.8) is 0 Å². The van der Waals surface area contributed by atoms with Crippen LogP contribution in [0.25, 0.3) is 0 Å². The first-order valence-corrected chi connectivity index (χ1v) is 10.1. The fraction of sp³-hybridized carbons (Fsp3) is 0.143. The Labute approximate surface area is 178 Å². The second kappa shape index (κ2) is 10.0. The molecule has 0 aliphatic heterocycles. The molecule has 0 atom stereocenters. The smallest absolute Gasteiger partial charge is 0.271 e. The molecular weight excluding hydrogens is 408 g/mol. The highest BCUT2D eigenvalue weighted by molar-refractivity contribution is 7.98. The van der Waals surface area contributed by atoms with Gasteiger partial charge in [-0.15, -0.1) is 0 Å². The zero-order valence-electron chi connectivity index (χ0n) is 15.9. The summed E-state index contributed by atoms with van der Waals surface area (Å²) >= 11 is 7.37. The van der Waals surface area contributed by atoms with E-state index >= 15 is 0 Å². The number of amides is 1. The van der Waals surface area contributed by atoms with Gasteiger partial charge in [-0.1, -0.05) is 23.4 Å². The van der Waals surface area contributed by atoms with Crippen molar-refractivity contribution in [1.82, 2.24) is 15.4 Å². The number of carbonyl (C=O) groups excluding carboxylic acids is 1. The van der Waals surface area contributed by atoms with Gasteiger partial charge in [0.15, 0.2) is 5.16 Å². The van der Waals surface area contributed by atoms with Crippen molar-refractivity contribution < 1.29 is 9.53 Å². The number of rotatable bonds is 7. The van der Waals surface area contributed by atoms with Crippen LogP contribution in [0.3, 0.4) is 0 Å². The Morgan fingerprint density at radius 3 is 2.52 bits per heavy atom. The zero-order chi connectivity index (χ0) is 20.6. The molecule has 0 fully saturated rings. The molecule has 1 N–H and O–H groups in total. The molecule has 1 heterocycles. The molecule has 0 saturated carbocycles. The summed E-state index contributed by atoms with van der Waals surface area (Å²) < 4.78 is 5.46. The van der Waals surface area contributed by atoms with Crippen LogP contribution in [-0.2, 0) is 5.75 Å². The van der Waals surface area contributed by atoms with E-state index in [0.29, 0.717) is 27.2 Å². The third-order valence-electron chi connectivity index (χ3n) is 4.03. The Kier molecular flexibility index (Phi) is 7.21. The van der Waals surface area contributed by atoms with Gasteiger partial charge >= 0.3 is 0 Å². The van der Waals surface area contributed by atoms with E-state index in [1.165, 1.54) is 11.8 Å². The Hall–Kier alpha value is -2.90. The first-order valence-electron chi connectivity index (χ1n) is 8.74. The van der Waals surface area contributed by atoms with Gasteiger partial charge in [-0.05, 0) is 61.0 Å². The summed E-state index contributed by atoms with van der Waals surface area (Å²) in [5.41, 5.74) is 5.61. The van der Waals surface area contributed by atoms with Crippen LogP contribution in [0.5, 0.6) is 5.75 Å². The summed E-state index contributed by atoms with van der Waals surface area (Å²) in [5, 5.41) is 5.49. The first-order chi connectivity index (χ1) is 14.1. The largest absolute Gasteiger partial charge is 0.496 e. The van der Waals surface area contributed by atoms with Crippen LogP contribution in [0.15, 0.2) is 71.2 Å². The second-order valence-electron chi connectivity index (χ2n) is 5.99. The second-order valence-corrected chi connectivity index (χ2v) is 7.37. The van der Waals surface area contributed by atoms with Crippen LogP contribution in [0.1, 0.15) is 28.4 Å². The molecular formula is C21H19ClN4O2S. The number of halogens is 1. The monoisotopic (exact) mass is 426 g/mol. The van der Waals surface area contributed by atoms with Crippen molar-refractivity contribution in [3.8, 4) is 5.75 Å². The normalized spacial score (nSPS) is 11.2. The fourth-order valence-corrected chi connectivity index (χ4v) is 3.39. The van der Waals surface area contributed by atoms with E-state index in [2.05, 4.69) is 20.5 Å². The molecule has 2 aromatic carbocycles. The van der Waals surface area contributed by atoms with E-state index in [1.54, 1.807) is 49.8 Å². The van der Waals surface area contributed by atoms with Crippen molar-refractivity contribution in [2.45, 2.75) is 17.8 Å². The van der Waals surface area contributed by atoms with E-state index in [9.17, 15) is 4.79 Å². The molecule has 3 aromatic rings. The number of carbonyl (C=O) groups is 1. The molecule has 0 unspecified atom stereocenters. The summed E-state index contributed by atoms with van der Waals surface area (Å²) in [6.07, 6.45) is 3.42. The predicted octanol–water partition coefficient (Wildman–Crippen LogP) is 4.58. The minimum Gasteiger partial charge on any atom is -0.496 e. The third-order valence-corrected chi connectivity index (χ3v) is 5.20. The molecule has 0 radical (unpaired) electrons. The molecule has 8 heteroatoms. The molecule has 0 aliphatic rings. The van der Waals surface area contributed by atoms with Gasteiger partial charge in [0.25, 0.3) is 5.91 Å². The summed E-state index contributed by atoms with van der Waals surface area (Å²) in [6.45, 7) is 1.83. The third kappa shape index (κ3) is 5.79. The average molecular weight is 427 g/mol. The summed E-state index contributed by atoms with van der Waals surface area (Å²) in [5.74, 6) is 1.12. The van der Waals surface area contributed by atoms with Gasteiger partial charge in [-0.2, -0.15) is 5.10 Å². The van der Waals surface area contributed by atoms with Gasteiger partial charge in [0.05, 0.1) is 12.8 Å². The highest BCUT2D eigenvalue weighted by Crippen LogP contribution is 2.27. The van der Waals surface area contributed by atoms with E-state index in [0.717, 1.165) is 16.9 Å². The van der Waals surface area contributed by atoms with Crippen LogP contribution in [0, 0.1) is 0 Å². The summed E-state index contributed by atoms with van der Waals surface area (Å²) in [4.78, 5) is 20.7. The minimum atomic E-state index is -0.300. The molecule has 0 spiro atoms. The van der Waals surface area contributed by atoms with Crippen LogP contribution >= 0.6 is 23.4 Å². The molecule has 0 saturated heterocycles. The van der Waals surface area contributed by atoms with E-state index in [-0.39, 0.29) is 5.91 Å². The maximum atomic E-state index is 12.2. The van der Waals surface area contributed by atoms with E-state index in [1.807, 2.05) is 25.1 Å². The Balaban J connectivity index is 1.72. The summed E-state index contributed by atoms with van der Waals surface area (Å²) in [6, 6.07) is 14.2. The van der Waals surface area contributed by atoms with Gasteiger partial charge in [0.1, 0.15) is 5.75 Å². The lowest BCUT2D eigenvalue weighted by Crippen LogP contribution is -2.19. The highest BCUT2D eigenvalue weighted by Gasteiger charge is 2.09. The lowest BCUT2D eigenvalue weighted by molar-refractivity contribution is 0.0955. The van der Waals surface area contributed by atoms with Crippen LogP contribution < -0.4 is 10.2 Å². The number of hydrazone groups is 1. The molecule has 1 aromatic heterocycles. The molecule has 3 rings (SSSR count). The SMILES string of the molecule is COc1ccc(C(C)=NNC(=O)c2ccc(Cl)cc2)cc1CSc1ncccn1. The Bertz CT molecular complexity index is 1010. The number of nitrogens with zero attached hydrogens (tertiary/aromatic N) is 3. The number of hydrogen-bond acceptors (Lipinski definition) is 6. The molecule has 6 nitrogen and oxygen atoms in total. The van der Waals surface area contributed by atoms with Crippen molar-refractivity contribution in [2.75, 3.05) is 7.11 Å². The van der Waals surface area contributed by atoms with Gasteiger partial charge in [0.2, 0.25) is 0 Å². The number of thioether (sulfide) groups is 1. The van der Waals surface area contributed by atoms with Gasteiger partial charge in [-0.3, -0.25) is 4.79 Å². The minimum absolute atomic E-state index is 0.300. The predicted molar refractivity (Wildman–Crippen MR) is 116 cm³/mol. The maximum absolute atomic E-state index is 12.2. The summed E-state index contributed by atoms with van der Waals surface area (Å²) in [7, 11) is 1.63. The van der Waals surface area contributed by atoms with Crippen molar-refractivity contribution >= 4 is 35.0 Å². The Morgan fingerprint density at radius 1 is 1.14 bits per heavy atom. The zero-order valence-corrected chi connectivity index (χ0v) is 17.5. The van der Waals surface area contributed by atoms with E-state index in [4.69, 9.17) is 16.3 Å². The van der Waals surface area contributed by atoms with Crippen LogP contribution in [-0.4, -0.2) is 28.7 Å².